The molecule has 2 aliphatic heterocycles. The number of aliphatic hydroxyl groups excluding tert-OH is 1. The van der Waals surface area contributed by atoms with Crippen molar-refractivity contribution in [2.45, 2.75) is 181 Å². The second-order valence-corrected chi connectivity index (χ2v) is 17.9. The zero-order valence-corrected chi connectivity index (χ0v) is 39.9. The first-order chi connectivity index (χ1) is 31.0. The molecule has 1 unspecified atom stereocenters. The second-order valence-electron chi connectivity index (χ2n) is 17.9. The molecule has 1 N–H and O–H groups in total. The molecule has 3 atom stereocenters. The number of amides is 1. The number of carbonyl (C=O) groups excluding carboxylic acids is 6. The van der Waals surface area contributed by atoms with Crippen LogP contribution in [0.3, 0.4) is 0 Å². The Morgan fingerprint density at radius 1 is 0.516 bits per heavy atom. The molecule has 0 aromatic carbocycles. The van der Waals surface area contributed by atoms with Crippen LogP contribution in [0.2, 0.25) is 0 Å². The van der Waals surface area contributed by atoms with Gasteiger partial charge in [0.1, 0.15) is 12.2 Å². The Kier molecular flexibility index (Phi) is 31.3. The number of carbonyl (C=O) groups is 6. The lowest BCUT2D eigenvalue weighted by atomic mass is 10.0. The molecular formula is C49H84N2O13. The van der Waals surface area contributed by atoms with E-state index in [-0.39, 0.29) is 95.4 Å². The van der Waals surface area contributed by atoms with E-state index in [1.807, 2.05) is 7.05 Å². The van der Waals surface area contributed by atoms with Gasteiger partial charge in [-0.15, -0.1) is 0 Å². The predicted molar refractivity (Wildman–Crippen MR) is 243 cm³/mol. The van der Waals surface area contributed by atoms with Gasteiger partial charge in [0.05, 0.1) is 52.4 Å². The van der Waals surface area contributed by atoms with Crippen molar-refractivity contribution in [2.75, 3.05) is 66.3 Å². The summed E-state index contributed by atoms with van der Waals surface area (Å²) in [6.45, 7) is 7.28. The highest BCUT2D eigenvalue weighted by molar-refractivity contribution is 5.73. The Morgan fingerprint density at radius 2 is 0.891 bits per heavy atom. The zero-order valence-electron chi connectivity index (χ0n) is 39.9. The van der Waals surface area contributed by atoms with Gasteiger partial charge in [0, 0.05) is 56.7 Å². The monoisotopic (exact) mass is 909 g/mol. The lowest BCUT2D eigenvalue weighted by Gasteiger charge is -2.36. The minimum atomic E-state index is -0.944. The molecule has 1 fully saturated rings. The molecule has 64 heavy (non-hydrogen) atoms. The van der Waals surface area contributed by atoms with Crippen LogP contribution in [-0.4, -0.2) is 129 Å². The topological polar surface area (TPSA) is 185 Å². The largest absolute Gasteiger partial charge is 0.465 e. The fourth-order valence-electron chi connectivity index (χ4n) is 7.64. The number of esters is 5. The van der Waals surface area contributed by atoms with E-state index < -0.39 is 48.7 Å². The molecule has 2 aliphatic rings. The molecule has 0 aliphatic carbocycles. The first kappa shape index (κ1) is 56.4. The van der Waals surface area contributed by atoms with Gasteiger partial charge in [-0.2, -0.15) is 0 Å². The molecule has 15 heteroatoms. The van der Waals surface area contributed by atoms with Crippen molar-refractivity contribution in [3.8, 4) is 0 Å². The maximum atomic E-state index is 13.5. The normalized spacial score (nSPS) is 17.0. The molecule has 2 heterocycles. The standard InChI is InChI=1S/C49H84N2O13/c1-5-8-11-14-17-20-23-44(53)59-35-39(34-52)28-47(56)63-42-26-27-43(33-51(32-42)49(58)62-38-41-30-50(4)31-41)64-48(57)29-40(36-60-45(54)24-21-18-15-12-9-6-2)37-61-46(55)25-22-19-16-13-10-7-3/h26-27,39-43,52H,5-25,28-38H2,1-4H3/t39?,42-,43-/m0/s1. The van der Waals surface area contributed by atoms with Crippen molar-refractivity contribution < 1.29 is 62.3 Å². The van der Waals surface area contributed by atoms with E-state index >= 15 is 0 Å². The van der Waals surface area contributed by atoms with Crippen molar-refractivity contribution in [3.63, 3.8) is 0 Å². The molecule has 368 valence electrons. The Labute approximate surface area is 384 Å². The SMILES string of the molecule is CCCCCCCCC(=O)OCC(CO)CC(=O)O[C@H]1C=C[C@H](OC(=O)CC(COC(=O)CCCCCCCC)COC(=O)CCCCCCCC)CN(C(=O)OCC2CN(C)C2)C1. The average Bonchev–Trinajstić information content (AvgIpc) is 3.46. The summed E-state index contributed by atoms with van der Waals surface area (Å²) in [6, 6.07) is 0. The Bertz CT molecular complexity index is 1320. The third-order valence-corrected chi connectivity index (χ3v) is 11.6. The third kappa shape index (κ3) is 27.6. The maximum absolute atomic E-state index is 13.5. The van der Waals surface area contributed by atoms with Crippen molar-refractivity contribution >= 4 is 35.9 Å². The van der Waals surface area contributed by atoms with Gasteiger partial charge in [-0.1, -0.05) is 117 Å². The van der Waals surface area contributed by atoms with Gasteiger partial charge >= 0.3 is 35.9 Å². The highest BCUT2D eigenvalue weighted by atomic mass is 16.6. The first-order valence-corrected chi connectivity index (χ1v) is 24.7. The zero-order chi connectivity index (χ0) is 46.8. The minimum absolute atomic E-state index is 0.0809. The quantitative estimate of drug-likeness (QED) is 0.0274. The van der Waals surface area contributed by atoms with Crippen molar-refractivity contribution in [1.82, 2.24) is 9.80 Å². The molecule has 0 radical (unpaired) electrons. The van der Waals surface area contributed by atoms with Gasteiger partial charge in [0.25, 0.3) is 0 Å². The van der Waals surface area contributed by atoms with Crippen LogP contribution in [0.15, 0.2) is 12.2 Å². The number of rotatable bonds is 36. The number of hydrogen-bond acceptors (Lipinski definition) is 14. The fourth-order valence-corrected chi connectivity index (χ4v) is 7.64. The molecule has 0 aromatic heterocycles. The molecule has 0 spiro atoms. The van der Waals surface area contributed by atoms with E-state index in [4.69, 9.17) is 28.4 Å². The Morgan fingerprint density at radius 3 is 1.28 bits per heavy atom. The van der Waals surface area contributed by atoms with Crippen LogP contribution in [0.5, 0.6) is 0 Å². The number of hydrogen-bond donors (Lipinski definition) is 1. The van der Waals surface area contributed by atoms with Crippen molar-refractivity contribution in [2.24, 2.45) is 17.8 Å². The Hall–Kier alpha value is -3.72. The number of unbranched alkanes of at least 4 members (excludes halogenated alkanes) is 15. The van der Waals surface area contributed by atoms with E-state index in [0.717, 1.165) is 109 Å². The smallest absolute Gasteiger partial charge is 0.410 e. The summed E-state index contributed by atoms with van der Waals surface area (Å²) in [4.78, 5) is 81.0. The van der Waals surface area contributed by atoms with E-state index in [1.165, 1.54) is 11.3 Å². The first-order valence-electron chi connectivity index (χ1n) is 24.7. The van der Waals surface area contributed by atoms with Gasteiger partial charge in [-0.25, -0.2) is 4.79 Å². The van der Waals surface area contributed by atoms with Crippen molar-refractivity contribution in [1.29, 1.82) is 0 Å². The van der Waals surface area contributed by atoms with Crippen LogP contribution in [0.1, 0.15) is 168 Å². The molecule has 15 nitrogen and oxygen atoms in total. The van der Waals surface area contributed by atoms with Crippen LogP contribution in [-0.2, 0) is 52.4 Å². The lowest BCUT2D eigenvalue weighted by Crippen LogP contribution is -2.48. The number of ether oxygens (including phenoxy) is 6. The summed E-state index contributed by atoms with van der Waals surface area (Å²) in [5.74, 6) is -3.60. The maximum Gasteiger partial charge on any atom is 0.410 e. The summed E-state index contributed by atoms with van der Waals surface area (Å²) in [6.07, 6.45) is 19.3. The van der Waals surface area contributed by atoms with Crippen LogP contribution in [0.4, 0.5) is 4.79 Å². The molecule has 0 aromatic rings. The molecule has 1 saturated heterocycles. The average molecular weight is 909 g/mol. The van der Waals surface area contributed by atoms with Gasteiger partial charge in [-0.3, -0.25) is 24.0 Å². The van der Waals surface area contributed by atoms with Gasteiger partial charge in [0.15, 0.2) is 0 Å². The van der Waals surface area contributed by atoms with E-state index in [9.17, 15) is 33.9 Å². The van der Waals surface area contributed by atoms with Gasteiger partial charge in [0.2, 0.25) is 0 Å². The number of nitrogens with zero attached hydrogens (tertiary/aromatic N) is 2. The van der Waals surface area contributed by atoms with Gasteiger partial charge in [-0.05, 0) is 38.5 Å². The molecule has 0 bridgehead atoms. The van der Waals surface area contributed by atoms with Crippen LogP contribution in [0, 0.1) is 17.8 Å². The lowest BCUT2D eigenvalue weighted by molar-refractivity contribution is -0.156. The Balaban J connectivity index is 2.04. The highest BCUT2D eigenvalue weighted by Gasteiger charge is 2.32. The summed E-state index contributed by atoms with van der Waals surface area (Å²) < 4.78 is 33.7. The summed E-state index contributed by atoms with van der Waals surface area (Å²) in [7, 11) is 1.98. The molecule has 2 rings (SSSR count). The summed E-state index contributed by atoms with van der Waals surface area (Å²) in [5, 5.41) is 9.95. The fraction of sp³-hybridized carbons (Fsp3) is 0.837. The van der Waals surface area contributed by atoms with Gasteiger partial charge < -0.3 is 43.3 Å². The molecule has 0 saturated carbocycles. The van der Waals surface area contributed by atoms with Crippen LogP contribution in [0.25, 0.3) is 0 Å². The molecular weight excluding hydrogens is 825 g/mol. The minimum Gasteiger partial charge on any atom is -0.465 e. The second kappa shape index (κ2) is 35.5. The number of aliphatic hydroxyl groups is 1. The van der Waals surface area contributed by atoms with E-state index in [0.29, 0.717) is 12.8 Å². The third-order valence-electron chi connectivity index (χ3n) is 11.6. The molecule has 1 amide bonds. The summed E-state index contributed by atoms with van der Waals surface area (Å²) in [5.41, 5.74) is 0. The summed E-state index contributed by atoms with van der Waals surface area (Å²) >= 11 is 0. The predicted octanol–water partition coefficient (Wildman–Crippen LogP) is 8.27. The van der Waals surface area contributed by atoms with E-state index in [2.05, 4.69) is 25.7 Å². The highest BCUT2D eigenvalue weighted by Crippen LogP contribution is 2.19. The number of likely N-dealkylation sites (tertiary alicyclic amines) is 1. The van der Waals surface area contributed by atoms with E-state index in [1.54, 1.807) is 12.2 Å². The van der Waals surface area contributed by atoms with Crippen molar-refractivity contribution in [3.05, 3.63) is 12.2 Å². The van der Waals surface area contributed by atoms with Crippen LogP contribution < -0.4 is 0 Å². The van der Waals surface area contributed by atoms with Crippen LogP contribution >= 0.6 is 0 Å².